The Bertz CT molecular complexity index is 1180. The van der Waals surface area contributed by atoms with Crippen LogP contribution in [0, 0.1) is 0 Å². The molecule has 0 radical (unpaired) electrons. The van der Waals surface area contributed by atoms with Crippen LogP contribution in [0.5, 0.6) is 23.0 Å². The summed E-state index contributed by atoms with van der Waals surface area (Å²) in [6, 6.07) is 5.86. The molecular formula is C20H18O10. The molecule has 1 fully saturated rings. The summed E-state index contributed by atoms with van der Waals surface area (Å²) in [5.41, 5.74) is -0.947. The van der Waals surface area contributed by atoms with Gasteiger partial charge in [0.25, 0.3) is 0 Å². The third-order valence-corrected chi connectivity index (χ3v) is 5.06. The smallest absolute Gasteiger partial charge is 0.197 e. The van der Waals surface area contributed by atoms with Crippen molar-refractivity contribution in [2.24, 2.45) is 0 Å². The maximum absolute atomic E-state index is 12.7. The van der Waals surface area contributed by atoms with Crippen LogP contribution in [0.15, 0.2) is 39.5 Å². The van der Waals surface area contributed by atoms with Crippen LogP contribution in [0.25, 0.3) is 22.3 Å². The van der Waals surface area contributed by atoms with Gasteiger partial charge in [0.2, 0.25) is 0 Å². The second-order valence-electron chi connectivity index (χ2n) is 7.01. The highest BCUT2D eigenvalue weighted by atomic mass is 16.5. The molecule has 0 bridgehead atoms. The van der Waals surface area contributed by atoms with Gasteiger partial charge in [0.1, 0.15) is 52.6 Å². The van der Waals surface area contributed by atoms with Crippen LogP contribution >= 0.6 is 0 Å². The molecule has 1 aliphatic heterocycles. The molecule has 10 nitrogen and oxygen atoms in total. The van der Waals surface area contributed by atoms with E-state index in [0.717, 1.165) is 12.1 Å². The first-order valence-electron chi connectivity index (χ1n) is 8.90. The molecule has 10 heteroatoms. The maximum Gasteiger partial charge on any atom is 0.197 e. The summed E-state index contributed by atoms with van der Waals surface area (Å²) >= 11 is 0. The van der Waals surface area contributed by atoms with Crippen LogP contribution < -0.4 is 5.43 Å². The van der Waals surface area contributed by atoms with Crippen LogP contribution in [-0.2, 0) is 4.74 Å². The minimum absolute atomic E-state index is 0.00171. The van der Waals surface area contributed by atoms with Gasteiger partial charge in [-0.3, -0.25) is 4.79 Å². The summed E-state index contributed by atoms with van der Waals surface area (Å²) in [6.45, 7) is -0.363. The van der Waals surface area contributed by atoms with Crippen molar-refractivity contribution in [1.82, 2.24) is 0 Å². The number of phenols is 4. The number of fused-ring (bicyclic) bond motifs is 1. The van der Waals surface area contributed by atoms with Crippen LogP contribution in [-0.4, -0.2) is 60.7 Å². The highest BCUT2D eigenvalue weighted by Crippen LogP contribution is 2.43. The topological polar surface area (TPSA) is 181 Å². The van der Waals surface area contributed by atoms with Crippen molar-refractivity contribution in [3.63, 3.8) is 0 Å². The molecule has 0 spiro atoms. The van der Waals surface area contributed by atoms with Gasteiger partial charge in [-0.15, -0.1) is 0 Å². The third-order valence-electron chi connectivity index (χ3n) is 5.06. The Morgan fingerprint density at radius 2 is 1.60 bits per heavy atom. The van der Waals surface area contributed by atoms with Gasteiger partial charge in [0.05, 0.1) is 12.2 Å². The van der Waals surface area contributed by atoms with E-state index in [0.29, 0.717) is 0 Å². The molecule has 0 unspecified atom stereocenters. The Hall–Kier alpha value is -3.31. The lowest BCUT2D eigenvalue weighted by Gasteiger charge is -2.35. The number of ether oxygens (including phenoxy) is 1. The number of hydrogen-bond acceptors (Lipinski definition) is 10. The zero-order chi connectivity index (χ0) is 21.7. The lowest BCUT2D eigenvalue weighted by molar-refractivity contribution is -0.189. The molecule has 158 valence electrons. The monoisotopic (exact) mass is 418 g/mol. The molecule has 1 saturated heterocycles. The van der Waals surface area contributed by atoms with Crippen molar-refractivity contribution in [3.8, 4) is 34.3 Å². The summed E-state index contributed by atoms with van der Waals surface area (Å²) in [5, 5.41) is 69.5. The van der Waals surface area contributed by atoms with E-state index < -0.39 is 47.1 Å². The summed E-state index contributed by atoms with van der Waals surface area (Å²) in [5.74, 6) is -2.06. The van der Waals surface area contributed by atoms with E-state index in [1.807, 2.05) is 0 Å². The van der Waals surface area contributed by atoms with Gasteiger partial charge in [0.15, 0.2) is 16.9 Å². The number of phenolic OH excluding ortho intramolecular Hbond substituents is 4. The van der Waals surface area contributed by atoms with Crippen molar-refractivity contribution >= 4 is 11.0 Å². The third kappa shape index (κ3) is 3.12. The molecule has 2 heterocycles. The lowest BCUT2D eigenvalue weighted by atomic mass is 9.92. The molecule has 4 atom stereocenters. The van der Waals surface area contributed by atoms with E-state index in [-0.39, 0.29) is 40.2 Å². The largest absolute Gasteiger partial charge is 0.507 e. The van der Waals surface area contributed by atoms with Crippen molar-refractivity contribution in [2.75, 3.05) is 6.61 Å². The molecule has 0 saturated carbocycles. The lowest BCUT2D eigenvalue weighted by Crippen LogP contribution is -2.49. The van der Waals surface area contributed by atoms with Crippen molar-refractivity contribution < 1.29 is 44.9 Å². The van der Waals surface area contributed by atoms with Crippen LogP contribution in [0.2, 0.25) is 0 Å². The Morgan fingerprint density at radius 1 is 0.867 bits per heavy atom. The Morgan fingerprint density at radius 3 is 2.30 bits per heavy atom. The van der Waals surface area contributed by atoms with Gasteiger partial charge in [-0.1, -0.05) is 0 Å². The van der Waals surface area contributed by atoms with Gasteiger partial charge in [-0.05, 0) is 18.2 Å². The number of benzene rings is 2. The average Bonchev–Trinajstić information content (AvgIpc) is 2.69. The van der Waals surface area contributed by atoms with Crippen LogP contribution in [0.3, 0.4) is 0 Å². The molecule has 1 aliphatic rings. The summed E-state index contributed by atoms with van der Waals surface area (Å²) < 4.78 is 10.8. The fourth-order valence-corrected chi connectivity index (χ4v) is 3.46. The second kappa shape index (κ2) is 7.18. The number of aliphatic hydroxyl groups excluding tert-OH is 3. The van der Waals surface area contributed by atoms with E-state index >= 15 is 0 Å². The molecule has 1 aromatic heterocycles. The number of rotatable bonds is 2. The quantitative estimate of drug-likeness (QED) is 0.288. The Labute approximate surface area is 168 Å². The van der Waals surface area contributed by atoms with Crippen LogP contribution in [0.4, 0.5) is 0 Å². The first kappa shape index (κ1) is 20.0. The van der Waals surface area contributed by atoms with Crippen molar-refractivity contribution in [2.45, 2.75) is 24.4 Å². The molecule has 0 amide bonds. The SMILES string of the molecule is O=c1cc(-c2ccc(O)c(O)c2)oc2cc(O)c([C@@H]3OC[C@@H](O)[C@H](O)[C@H]3O)c(O)c12. The van der Waals surface area contributed by atoms with Gasteiger partial charge in [-0.2, -0.15) is 0 Å². The van der Waals surface area contributed by atoms with E-state index in [1.54, 1.807) is 0 Å². The van der Waals surface area contributed by atoms with Gasteiger partial charge in [0, 0.05) is 17.7 Å². The molecule has 2 aromatic carbocycles. The Balaban J connectivity index is 1.86. The molecular weight excluding hydrogens is 400 g/mol. The second-order valence-corrected chi connectivity index (χ2v) is 7.01. The van der Waals surface area contributed by atoms with E-state index in [9.17, 15) is 40.5 Å². The Kier molecular flexibility index (Phi) is 4.79. The zero-order valence-electron chi connectivity index (χ0n) is 15.3. The highest BCUT2D eigenvalue weighted by Gasteiger charge is 2.41. The summed E-state index contributed by atoms with van der Waals surface area (Å²) in [7, 11) is 0. The number of aliphatic hydroxyl groups is 3. The molecule has 30 heavy (non-hydrogen) atoms. The predicted octanol–water partition coefficient (Wildman–Crippen LogP) is 0.436. The van der Waals surface area contributed by atoms with Crippen LogP contribution in [0.1, 0.15) is 11.7 Å². The molecule has 4 rings (SSSR count). The molecule has 3 aromatic rings. The van der Waals surface area contributed by atoms with Crippen molar-refractivity contribution in [1.29, 1.82) is 0 Å². The standard InChI is InChI=1S/C20H18O10/c21-8-2-1-7(3-9(8)22)13-4-10(23)15-14(30-13)5-11(24)16(18(15)27)20-19(28)17(26)12(25)6-29-20/h1-5,12,17,19-22,24-28H,6H2/t12-,17+,19-,20+/m1/s1. The van der Waals surface area contributed by atoms with E-state index in [2.05, 4.69) is 0 Å². The number of hydrogen-bond donors (Lipinski definition) is 7. The number of aromatic hydroxyl groups is 4. The van der Waals surface area contributed by atoms with Crippen molar-refractivity contribution in [3.05, 3.63) is 46.1 Å². The zero-order valence-corrected chi connectivity index (χ0v) is 15.3. The van der Waals surface area contributed by atoms with E-state index in [1.165, 1.54) is 18.2 Å². The fourth-order valence-electron chi connectivity index (χ4n) is 3.46. The minimum atomic E-state index is -1.67. The van der Waals surface area contributed by atoms with Gasteiger partial charge >= 0.3 is 0 Å². The molecule has 7 N–H and O–H groups in total. The average molecular weight is 418 g/mol. The van der Waals surface area contributed by atoms with E-state index in [4.69, 9.17) is 9.15 Å². The minimum Gasteiger partial charge on any atom is -0.507 e. The summed E-state index contributed by atoms with van der Waals surface area (Å²) in [6.07, 6.45) is -6.01. The first-order chi connectivity index (χ1) is 14.2. The highest BCUT2D eigenvalue weighted by molar-refractivity contribution is 5.88. The first-order valence-corrected chi connectivity index (χ1v) is 8.90. The predicted molar refractivity (Wildman–Crippen MR) is 101 cm³/mol. The normalized spacial score (nSPS) is 24.2. The molecule has 0 aliphatic carbocycles. The fraction of sp³-hybridized carbons (Fsp3) is 0.250. The summed E-state index contributed by atoms with van der Waals surface area (Å²) in [4.78, 5) is 12.7. The van der Waals surface area contributed by atoms with Gasteiger partial charge < -0.3 is 44.9 Å². The van der Waals surface area contributed by atoms with Gasteiger partial charge in [-0.25, -0.2) is 0 Å². The maximum atomic E-state index is 12.7.